The van der Waals surface area contributed by atoms with Gasteiger partial charge in [-0.25, -0.2) is 0 Å². The molecule has 0 atom stereocenters. The predicted molar refractivity (Wildman–Crippen MR) is 118 cm³/mol. The van der Waals surface area contributed by atoms with Gasteiger partial charge in [0, 0.05) is 36.3 Å². The number of benzene rings is 2. The Labute approximate surface area is 171 Å². The minimum Gasteiger partial charge on any atom is -0.497 e. The molecule has 1 amide bonds. The zero-order valence-corrected chi connectivity index (χ0v) is 17.0. The van der Waals surface area contributed by atoms with E-state index in [0.29, 0.717) is 5.56 Å². The molecule has 0 unspecified atom stereocenters. The van der Waals surface area contributed by atoms with Crippen LogP contribution >= 0.6 is 0 Å². The molecule has 3 aromatic rings. The number of nitrogens with zero attached hydrogens (tertiary/aromatic N) is 2. The molecule has 29 heavy (non-hydrogen) atoms. The van der Waals surface area contributed by atoms with Crippen LogP contribution in [-0.4, -0.2) is 31.1 Å². The zero-order chi connectivity index (χ0) is 20.6. The molecular formula is C23H26N4O2. The maximum atomic E-state index is 12.6. The number of carbonyl (C=O) groups excluding carboxylic acids is 1. The van der Waals surface area contributed by atoms with Crippen LogP contribution < -0.4 is 20.3 Å². The van der Waals surface area contributed by atoms with E-state index in [1.807, 2.05) is 48.5 Å². The van der Waals surface area contributed by atoms with E-state index < -0.39 is 0 Å². The highest BCUT2D eigenvalue weighted by atomic mass is 16.5. The number of amides is 1. The van der Waals surface area contributed by atoms with Crippen LogP contribution in [-0.2, 0) is 0 Å². The Kier molecular flexibility index (Phi) is 6.68. The summed E-state index contributed by atoms with van der Waals surface area (Å²) in [5.41, 5.74) is 3.99. The largest absolute Gasteiger partial charge is 0.497 e. The van der Waals surface area contributed by atoms with Crippen LogP contribution in [0.25, 0.3) is 0 Å². The van der Waals surface area contributed by atoms with E-state index in [1.165, 1.54) is 0 Å². The summed E-state index contributed by atoms with van der Waals surface area (Å²) in [6.07, 6.45) is 3.23. The van der Waals surface area contributed by atoms with E-state index in [2.05, 4.69) is 34.4 Å². The number of rotatable bonds is 8. The van der Waals surface area contributed by atoms with Gasteiger partial charge >= 0.3 is 0 Å². The second-order valence-electron chi connectivity index (χ2n) is 6.49. The third-order valence-electron chi connectivity index (χ3n) is 4.63. The van der Waals surface area contributed by atoms with Gasteiger partial charge in [0.15, 0.2) is 0 Å². The van der Waals surface area contributed by atoms with Crippen LogP contribution in [0.15, 0.2) is 67.0 Å². The van der Waals surface area contributed by atoms with Gasteiger partial charge in [0.05, 0.1) is 24.6 Å². The first-order chi connectivity index (χ1) is 14.1. The van der Waals surface area contributed by atoms with E-state index in [9.17, 15) is 4.79 Å². The number of pyridine rings is 1. The molecule has 0 saturated heterocycles. The lowest BCUT2D eigenvalue weighted by Crippen LogP contribution is -2.21. The molecule has 0 bridgehead atoms. The van der Waals surface area contributed by atoms with E-state index >= 15 is 0 Å². The van der Waals surface area contributed by atoms with E-state index in [-0.39, 0.29) is 5.91 Å². The highest BCUT2D eigenvalue weighted by Crippen LogP contribution is 2.21. The Morgan fingerprint density at radius 1 is 0.931 bits per heavy atom. The molecule has 0 aliphatic heterocycles. The second-order valence-corrected chi connectivity index (χ2v) is 6.49. The number of carbonyl (C=O) groups is 1. The molecule has 0 aliphatic carbocycles. The smallest absolute Gasteiger partial charge is 0.257 e. The van der Waals surface area contributed by atoms with Crippen molar-refractivity contribution in [2.75, 3.05) is 35.7 Å². The molecule has 0 fully saturated rings. The van der Waals surface area contributed by atoms with Crippen molar-refractivity contribution >= 4 is 28.7 Å². The number of anilines is 4. The van der Waals surface area contributed by atoms with Crippen molar-refractivity contribution in [1.29, 1.82) is 0 Å². The minimum atomic E-state index is -0.202. The predicted octanol–water partition coefficient (Wildman–Crippen LogP) is 4.93. The van der Waals surface area contributed by atoms with Gasteiger partial charge in [-0.2, -0.15) is 0 Å². The third-order valence-corrected chi connectivity index (χ3v) is 4.63. The Morgan fingerprint density at radius 2 is 1.59 bits per heavy atom. The number of hydrogen-bond acceptors (Lipinski definition) is 5. The van der Waals surface area contributed by atoms with Gasteiger partial charge in [-0.05, 0) is 68.4 Å². The third kappa shape index (κ3) is 5.25. The van der Waals surface area contributed by atoms with Crippen LogP contribution in [0.2, 0.25) is 0 Å². The van der Waals surface area contributed by atoms with E-state index in [4.69, 9.17) is 4.74 Å². The highest BCUT2D eigenvalue weighted by Gasteiger charge is 2.09. The second kappa shape index (κ2) is 9.59. The van der Waals surface area contributed by atoms with Gasteiger partial charge < -0.3 is 20.3 Å². The number of methoxy groups -OCH3 is 1. The summed E-state index contributed by atoms with van der Waals surface area (Å²) in [5.74, 6) is 0.584. The topological polar surface area (TPSA) is 66.5 Å². The molecule has 0 saturated carbocycles. The van der Waals surface area contributed by atoms with Crippen molar-refractivity contribution in [3.63, 3.8) is 0 Å². The monoisotopic (exact) mass is 390 g/mol. The van der Waals surface area contributed by atoms with Crippen molar-refractivity contribution in [3.05, 3.63) is 72.6 Å². The Bertz CT molecular complexity index is 936. The first kappa shape index (κ1) is 20.2. The van der Waals surface area contributed by atoms with Crippen molar-refractivity contribution in [2.24, 2.45) is 0 Å². The van der Waals surface area contributed by atoms with Crippen LogP contribution in [0.3, 0.4) is 0 Å². The summed E-state index contributed by atoms with van der Waals surface area (Å²) in [5, 5.41) is 6.17. The van der Waals surface area contributed by atoms with Gasteiger partial charge in [0.1, 0.15) is 5.75 Å². The van der Waals surface area contributed by atoms with Crippen molar-refractivity contribution in [2.45, 2.75) is 13.8 Å². The fraction of sp³-hybridized carbons (Fsp3) is 0.217. The Morgan fingerprint density at radius 3 is 2.21 bits per heavy atom. The van der Waals surface area contributed by atoms with Crippen molar-refractivity contribution in [3.8, 4) is 5.75 Å². The highest BCUT2D eigenvalue weighted by molar-refractivity contribution is 6.04. The summed E-state index contributed by atoms with van der Waals surface area (Å²) < 4.78 is 5.16. The molecule has 0 radical (unpaired) electrons. The summed E-state index contributed by atoms with van der Waals surface area (Å²) in [4.78, 5) is 19.1. The molecule has 1 heterocycles. The molecule has 6 nitrogen and oxygen atoms in total. The van der Waals surface area contributed by atoms with Crippen LogP contribution in [0.4, 0.5) is 22.7 Å². The lowest BCUT2D eigenvalue weighted by atomic mass is 10.2. The molecule has 150 valence electrons. The average Bonchev–Trinajstić information content (AvgIpc) is 2.76. The quantitative estimate of drug-likeness (QED) is 0.571. The first-order valence-corrected chi connectivity index (χ1v) is 9.65. The van der Waals surface area contributed by atoms with Crippen molar-refractivity contribution in [1.82, 2.24) is 4.98 Å². The Balaban J connectivity index is 1.67. The number of ether oxygens (including phenoxy) is 1. The maximum Gasteiger partial charge on any atom is 0.257 e. The molecule has 6 heteroatoms. The Hall–Kier alpha value is -3.54. The lowest BCUT2D eigenvalue weighted by Gasteiger charge is -2.21. The standard InChI is InChI=1S/C23H26N4O2/c1-4-27(5-2)21-10-6-19(7-11-21)26-23(28)17-14-20(16-24-15-17)25-18-8-12-22(29-3)13-9-18/h6-16,25H,4-5H2,1-3H3,(H,26,28). The molecule has 2 aromatic carbocycles. The summed E-state index contributed by atoms with van der Waals surface area (Å²) in [6.45, 7) is 6.14. The molecule has 2 N–H and O–H groups in total. The van der Waals surface area contributed by atoms with Crippen molar-refractivity contribution < 1.29 is 9.53 Å². The molecule has 3 rings (SSSR count). The molecule has 0 aliphatic rings. The average molecular weight is 390 g/mol. The summed E-state index contributed by atoms with van der Waals surface area (Å²) in [6, 6.07) is 17.2. The van der Waals surface area contributed by atoms with Crippen LogP contribution in [0.5, 0.6) is 5.75 Å². The summed E-state index contributed by atoms with van der Waals surface area (Å²) in [7, 11) is 1.63. The van der Waals surface area contributed by atoms with Crippen LogP contribution in [0, 0.1) is 0 Å². The zero-order valence-electron chi connectivity index (χ0n) is 17.0. The van der Waals surface area contributed by atoms with Gasteiger partial charge in [-0.15, -0.1) is 0 Å². The fourth-order valence-electron chi connectivity index (χ4n) is 3.02. The fourth-order valence-corrected chi connectivity index (χ4v) is 3.02. The van der Waals surface area contributed by atoms with Crippen LogP contribution in [0.1, 0.15) is 24.2 Å². The number of hydrogen-bond donors (Lipinski definition) is 2. The molecule has 0 spiro atoms. The van der Waals surface area contributed by atoms with Gasteiger partial charge in [-0.1, -0.05) is 0 Å². The van der Waals surface area contributed by atoms with Gasteiger partial charge in [0.2, 0.25) is 0 Å². The molecule has 1 aromatic heterocycles. The normalized spacial score (nSPS) is 10.3. The minimum absolute atomic E-state index is 0.202. The van der Waals surface area contributed by atoms with E-state index in [0.717, 1.165) is 41.6 Å². The van der Waals surface area contributed by atoms with E-state index in [1.54, 1.807) is 25.6 Å². The maximum absolute atomic E-state index is 12.6. The first-order valence-electron chi connectivity index (χ1n) is 9.65. The molecular weight excluding hydrogens is 364 g/mol. The number of nitrogens with one attached hydrogen (secondary N) is 2. The van der Waals surface area contributed by atoms with Gasteiger partial charge in [0.25, 0.3) is 5.91 Å². The van der Waals surface area contributed by atoms with Gasteiger partial charge in [-0.3, -0.25) is 9.78 Å². The summed E-state index contributed by atoms with van der Waals surface area (Å²) >= 11 is 0. The number of aromatic nitrogens is 1. The SMILES string of the molecule is CCN(CC)c1ccc(NC(=O)c2cncc(Nc3ccc(OC)cc3)c2)cc1. The lowest BCUT2D eigenvalue weighted by molar-refractivity contribution is 0.102.